The molecule has 1 rings (SSSR count). The van der Waals surface area contributed by atoms with Gasteiger partial charge in [0, 0.05) is 24.7 Å². The fraction of sp³-hybridized carbons (Fsp3) is 0.600. The Morgan fingerprint density at radius 3 is 2.20 bits per heavy atom. The van der Waals surface area contributed by atoms with Crippen molar-refractivity contribution in [3.63, 3.8) is 0 Å². The van der Waals surface area contributed by atoms with Crippen LogP contribution in [0.3, 0.4) is 0 Å². The summed E-state index contributed by atoms with van der Waals surface area (Å²) in [6.07, 6.45) is 1.46. The van der Waals surface area contributed by atoms with Gasteiger partial charge in [-0.3, -0.25) is 0 Å². The number of benzene rings is 1. The molecule has 0 aliphatic rings. The molecule has 0 amide bonds. The molecule has 0 saturated carbocycles. The normalized spacial score (nSPS) is 12.1. The molecule has 0 spiro atoms. The van der Waals surface area contributed by atoms with Crippen molar-refractivity contribution in [2.75, 3.05) is 27.9 Å². The summed E-state index contributed by atoms with van der Waals surface area (Å²) in [6, 6.07) is 3.69. The largest absolute Gasteiger partial charge is 0.496 e. The molecule has 1 aromatic rings. The van der Waals surface area contributed by atoms with Gasteiger partial charge in [-0.05, 0) is 12.5 Å². The summed E-state index contributed by atoms with van der Waals surface area (Å²) in [7, 11) is 4.82. The van der Waals surface area contributed by atoms with Gasteiger partial charge in [0.15, 0.2) is 11.5 Å². The standard InChI is InChI=1S/C15H25NO4/c1-5-6-12(17)10-16-9-11-7-14(19-3)15(20-4)8-13(11)18-2/h7-8,12,16-17H,5-6,9-10H2,1-4H3. The molecule has 2 N–H and O–H groups in total. The van der Waals surface area contributed by atoms with E-state index in [1.54, 1.807) is 27.4 Å². The zero-order valence-corrected chi connectivity index (χ0v) is 12.7. The Kier molecular flexibility index (Phi) is 7.18. The highest BCUT2D eigenvalue weighted by Gasteiger charge is 2.12. The topological polar surface area (TPSA) is 60.0 Å². The molecule has 20 heavy (non-hydrogen) atoms. The third-order valence-corrected chi connectivity index (χ3v) is 3.10. The van der Waals surface area contributed by atoms with Crippen molar-refractivity contribution in [2.24, 2.45) is 0 Å². The predicted molar refractivity (Wildman–Crippen MR) is 78.7 cm³/mol. The average molecular weight is 283 g/mol. The van der Waals surface area contributed by atoms with Gasteiger partial charge in [-0.2, -0.15) is 0 Å². The molecule has 114 valence electrons. The molecule has 0 heterocycles. The first-order chi connectivity index (χ1) is 9.65. The lowest BCUT2D eigenvalue weighted by atomic mass is 10.1. The Labute approximate surface area is 120 Å². The van der Waals surface area contributed by atoms with E-state index >= 15 is 0 Å². The summed E-state index contributed by atoms with van der Waals surface area (Å²) in [5.74, 6) is 2.04. The van der Waals surface area contributed by atoms with Crippen LogP contribution in [-0.4, -0.2) is 39.1 Å². The van der Waals surface area contributed by atoms with Crippen molar-refractivity contribution in [2.45, 2.75) is 32.4 Å². The Hall–Kier alpha value is -1.46. The van der Waals surface area contributed by atoms with Crippen LogP contribution >= 0.6 is 0 Å². The van der Waals surface area contributed by atoms with Gasteiger partial charge in [0.25, 0.3) is 0 Å². The Morgan fingerprint density at radius 2 is 1.65 bits per heavy atom. The minimum Gasteiger partial charge on any atom is -0.496 e. The first kappa shape index (κ1) is 16.6. The van der Waals surface area contributed by atoms with Gasteiger partial charge in [-0.15, -0.1) is 0 Å². The fourth-order valence-electron chi connectivity index (χ4n) is 2.04. The predicted octanol–water partition coefficient (Wildman–Crippen LogP) is 1.96. The van der Waals surface area contributed by atoms with E-state index in [0.717, 1.165) is 24.2 Å². The molecule has 5 heteroatoms. The zero-order chi connectivity index (χ0) is 15.0. The van der Waals surface area contributed by atoms with E-state index in [2.05, 4.69) is 12.2 Å². The quantitative estimate of drug-likeness (QED) is 0.725. The Morgan fingerprint density at radius 1 is 1.05 bits per heavy atom. The molecule has 1 unspecified atom stereocenters. The van der Waals surface area contributed by atoms with E-state index < -0.39 is 0 Å². The molecule has 0 saturated heterocycles. The second-order valence-electron chi connectivity index (χ2n) is 4.59. The van der Waals surface area contributed by atoms with Gasteiger partial charge >= 0.3 is 0 Å². The molecule has 0 fully saturated rings. The first-order valence-electron chi connectivity index (χ1n) is 6.83. The fourth-order valence-corrected chi connectivity index (χ4v) is 2.04. The summed E-state index contributed by atoms with van der Waals surface area (Å²) in [5, 5.41) is 12.9. The van der Waals surface area contributed by atoms with Gasteiger partial charge in [0.2, 0.25) is 0 Å². The lowest BCUT2D eigenvalue weighted by Crippen LogP contribution is -2.26. The van der Waals surface area contributed by atoms with E-state index in [0.29, 0.717) is 24.6 Å². The van der Waals surface area contributed by atoms with Crippen LogP contribution < -0.4 is 19.5 Å². The van der Waals surface area contributed by atoms with Crippen LogP contribution in [0.1, 0.15) is 25.3 Å². The van der Waals surface area contributed by atoms with Crippen molar-refractivity contribution < 1.29 is 19.3 Å². The molecule has 1 atom stereocenters. The van der Waals surface area contributed by atoms with Crippen molar-refractivity contribution >= 4 is 0 Å². The minimum atomic E-state index is -0.314. The van der Waals surface area contributed by atoms with Gasteiger partial charge in [0.05, 0.1) is 27.4 Å². The van der Waals surface area contributed by atoms with Crippen LogP contribution in [0.25, 0.3) is 0 Å². The summed E-state index contributed by atoms with van der Waals surface area (Å²) in [6.45, 7) is 3.22. The number of aliphatic hydroxyl groups is 1. The highest BCUT2D eigenvalue weighted by atomic mass is 16.5. The van der Waals surface area contributed by atoms with E-state index in [1.165, 1.54) is 0 Å². The van der Waals surface area contributed by atoms with Gasteiger partial charge < -0.3 is 24.6 Å². The lowest BCUT2D eigenvalue weighted by molar-refractivity contribution is 0.160. The second kappa shape index (κ2) is 8.66. The third kappa shape index (κ3) is 4.58. The molecule has 1 aromatic carbocycles. The Bertz CT molecular complexity index is 409. The molecule has 5 nitrogen and oxygen atoms in total. The summed E-state index contributed by atoms with van der Waals surface area (Å²) in [4.78, 5) is 0. The van der Waals surface area contributed by atoms with E-state index in [4.69, 9.17) is 14.2 Å². The molecule has 0 aliphatic heterocycles. The maximum Gasteiger partial charge on any atom is 0.164 e. The van der Waals surface area contributed by atoms with Crippen LogP contribution in [0.15, 0.2) is 12.1 Å². The van der Waals surface area contributed by atoms with Gasteiger partial charge in [0.1, 0.15) is 5.75 Å². The zero-order valence-electron chi connectivity index (χ0n) is 12.7. The molecule has 0 bridgehead atoms. The van der Waals surface area contributed by atoms with E-state index in [9.17, 15) is 5.11 Å². The number of nitrogens with one attached hydrogen (secondary N) is 1. The monoisotopic (exact) mass is 283 g/mol. The third-order valence-electron chi connectivity index (χ3n) is 3.10. The highest BCUT2D eigenvalue weighted by Crippen LogP contribution is 2.34. The number of ether oxygens (including phenoxy) is 3. The van der Waals surface area contributed by atoms with Crippen LogP contribution in [0.5, 0.6) is 17.2 Å². The van der Waals surface area contributed by atoms with E-state index in [-0.39, 0.29) is 6.10 Å². The van der Waals surface area contributed by atoms with Crippen LogP contribution in [0, 0.1) is 0 Å². The first-order valence-corrected chi connectivity index (χ1v) is 6.83. The smallest absolute Gasteiger partial charge is 0.164 e. The van der Waals surface area contributed by atoms with E-state index in [1.807, 2.05) is 6.07 Å². The van der Waals surface area contributed by atoms with Crippen LogP contribution in [0.4, 0.5) is 0 Å². The summed E-state index contributed by atoms with van der Waals surface area (Å²) < 4.78 is 15.9. The van der Waals surface area contributed by atoms with Crippen molar-refractivity contribution in [1.29, 1.82) is 0 Å². The molecule has 0 aliphatic carbocycles. The highest BCUT2D eigenvalue weighted by molar-refractivity contribution is 5.50. The SMILES string of the molecule is CCCC(O)CNCc1cc(OC)c(OC)cc1OC. The Balaban J connectivity index is 2.73. The lowest BCUT2D eigenvalue weighted by Gasteiger charge is -2.15. The van der Waals surface area contributed by atoms with Crippen LogP contribution in [-0.2, 0) is 6.54 Å². The number of rotatable bonds is 9. The van der Waals surface area contributed by atoms with Gasteiger partial charge in [-0.1, -0.05) is 13.3 Å². The van der Waals surface area contributed by atoms with Crippen LogP contribution in [0.2, 0.25) is 0 Å². The molecular weight excluding hydrogens is 258 g/mol. The molecule has 0 aromatic heterocycles. The second-order valence-corrected chi connectivity index (χ2v) is 4.59. The van der Waals surface area contributed by atoms with Crippen molar-refractivity contribution in [1.82, 2.24) is 5.32 Å². The average Bonchev–Trinajstić information content (AvgIpc) is 2.46. The maximum absolute atomic E-state index is 9.70. The molecule has 0 radical (unpaired) electrons. The summed E-state index contributed by atoms with van der Waals surface area (Å²) >= 11 is 0. The summed E-state index contributed by atoms with van der Waals surface area (Å²) in [5.41, 5.74) is 0.967. The maximum atomic E-state index is 9.70. The number of methoxy groups -OCH3 is 3. The minimum absolute atomic E-state index is 0.314. The van der Waals surface area contributed by atoms with Gasteiger partial charge in [-0.25, -0.2) is 0 Å². The molecular formula is C15H25NO4. The van der Waals surface area contributed by atoms with Crippen molar-refractivity contribution in [3.05, 3.63) is 17.7 Å². The number of aliphatic hydroxyl groups excluding tert-OH is 1. The number of hydrogen-bond acceptors (Lipinski definition) is 5. The number of hydrogen-bond donors (Lipinski definition) is 2. The van der Waals surface area contributed by atoms with Crippen molar-refractivity contribution in [3.8, 4) is 17.2 Å².